The van der Waals surface area contributed by atoms with E-state index in [0.29, 0.717) is 4.83 Å². The van der Waals surface area contributed by atoms with E-state index in [9.17, 15) is 0 Å². The van der Waals surface area contributed by atoms with Crippen LogP contribution in [0.1, 0.15) is 6.42 Å². The van der Waals surface area contributed by atoms with Crippen molar-refractivity contribution in [3.63, 3.8) is 0 Å². The highest BCUT2D eigenvalue weighted by Crippen LogP contribution is 2.34. The van der Waals surface area contributed by atoms with Crippen LogP contribution in [0, 0.1) is 0 Å². The molecular formula is C4H5Br. The van der Waals surface area contributed by atoms with Gasteiger partial charge in [-0.15, -0.1) is 0 Å². The van der Waals surface area contributed by atoms with E-state index in [1.807, 2.05) is 0 Å². The molecule has 0 saturated heterocycles. The summed E-state index contributed by atoms with van der Waals surface area (Å²) in [6.45, 7) is 3.70. The summed E-state index contributed by atoms with van der Waals surface area (Å²) in [5.74, 6) is 0. The Kier molecular flexibility index (Phi) is 0.573. The summed E-state index contributed by atoms with van der Waals surface area (Å²) < 4.78 is 0. The van der Waals surface area contributed by atoms with Gasteiger partial charge in [0.1, 0.15) is 0 Å². The molecular weight excluding hydrogens is 128 g/mol. The molecule has 1 saturated carbocycles. The van der Waals surface area contributed by atoms with Gasteiger partial charge in [0.2, 0.25) is 0 Å². The van der Waals surface area contributed by atoms with Crippen LogP contribution >= 0.6 is 15.9 Å². The second kappa shape index (κ2) is 0.839. The zero-order chi connectivity index (χ0) is 3.86. The number of hydrogen-bond donors (Lipinski definition) is 0. The second-order valence-electron chi connectivity index (χ2n) is 1.33. The minimum absolute atomic E-state index is 0.669. The molecule has 1 aliphatic carbocycles. The third-order valence-electron chi connectivity index (χ3n) is 0.724. The standard InChI is InChI=1S/C4H5Br/c1-3-2-4(3)5/h4H,1-2H2. The fraction of sp³-hybridized carbons (Fsp3) is 0.500. The van der Waals surface area contributed by atoms with Gasteiger partial charge in [-0.1, -0.05) is 28.1 Å². The van der Waals surface area contributed by atoms with Gasteiger partial charge in [0.05, 0.1) is 0 Å². The molecule has 0 aromatic heterocycles. The Hall–Kier alpha value is 0.220. The molecule has 0 nitrogen and oxygen atoms in total. The summed E-state index contributed by atoms with van der Waals surface area (Å²) in [4.78, 5) is 0.669. The Labute approximate surface area is 40.0 Å². The van der Waals surface area contributed by atoms with Gasteiger partial charge in [0.15, 0.2) is 0 Å². The molecule has 0 amide bonds. The van der Waals surface area contributed by atoms with E-state index < -0.39 is 0 Å². The Morgan fingerprint density at radius 3 is 2.20 bits per heavy atom. The van der Waals surface area contributed by atoms with E-state index in [1.54, 1.807) is 0 Å². The van der Waals surface area contributed by atoms with E-state index in [1.165, 1.54) is 12.0 Å². The molecule has 0 N–H and O–H groups in total. The second-order valence-corrected chi connectivity index (χ2v) is 2.44. The third kappa shape index (κ3) is 0.538. The van der Waals surface area contributed by atoms with Crippen molar-refractivity contribution in [2.24, 2.45) is 0 Å². The van der Waals surface area contributed by atoms with Crippen LogP contribution in [0.4, 0.5) is 0 Å². The molecule has 1 heteroatoms. The van der Waals surface area contributed by atoms with Crippen molar-refractivity contribution in [1.82, 2.24) is 0 Å². The Bertz CT molecular complexity index is 66.0. The van der Waals surface area contributed by atoms with Gasteiger partial charge < -0.3 is 0 Å². The van der Waals surface area contributed by atoms with Crippen LogP contribution in [0.25, 0.3) is 0 Å². The number of halogens is 1. The van der Waals surface area contributed by atoms with Crippen LogP contribution in [0.3, 0.4) is 0 Å². The van der Waals surface area contributed by atoms with Crippen molar-refractivity contribution in [2.75, 3.05) is 0 Å². The summed E-state index contributed by atoms with van der Waals surface area (Å²) in [5, 5.41) is 0. The Morgan fingerprint density at radius 2 is 2.20 bits per heavy atom. The smallest absolute Gasteiger partial charge is 0.0390 e. The fourth-order valence-electron chi connectivity index (χ4n) is 0.171. The average molecular weight is 133 g/mol. The van der Waals surface area contributed by atoms with Gasteiger partial charge in [0, 0.05) is 4.83 Å². The fourth-order valence-corrected chi connectivity index (χ4v) is 0.587. The minimum Gasteiger partial charge on any atom is -0.0987 e. The van der Waals surface area contributed by atoms with Gasteiger partial charge in [-0.25, -0.2) is 0 Å². The summed E-state index contributed by atoms with van der Waals surface area (Å²) in [7, 11) is 0. The van der Waals surface area contributed by atoms with Crippen molar-refractivity contribution in [3.05, 3.63) is 12.2 Å². The van der Waals surface area contributed by atoms with Crippen LogP contribution in [-0.4, -0.2) is 4.83 Å². The van der Waals surface area contributed by atoms with Crippen LogP contribution in [0.15, 0.2) is 12.2 Å². The molecule has 5 heavy (non-hydrogen) atoms. The van der Waals surface area contributed by atoms with Crippen molar-refractivity contribution < 1.29 is 0 Å². The van der Waals surface area contributed by atoms with E-state index in [-0.39, 0.29) is 0 Å². The molecule has 1 rings (SSSR count). The normalized spacial score (nSPS) is 34.6. The first-order valence-electron chi connectivity index (χ1n) is 1.62. The number of alkyl halides is 1. The SMILES string of the molecule is C=C1CC1Br. The predicted octanol–water partition coefficient (Wildman–Crippen LogP) is 1.71. The van der Waals surface area contributed by atoms with Gasteiger partial charge in [-0.3, -0.25) is 0 Å². The first-order valence-corrected chi connectivity index (χ1v) is 2.54. The number of allylic oxidation sites excluding steroid dienone is 1. The van der Waals surface area contributed by atoms with E-state index in [0.717, 1.165) is 0 Å². The summed E-state index contributed by atoms with van der Waals surface area (Å²) in [6.07, 6.45) is 1.19. The Morgan fingerprint density at radius 1 is 2.00 bits per heavy atom. The van der Waals surface area contributed by atoms with Crippen molar-refractivity contribution in [2.45, 2.75) is 11.2 Å². The van der Waals surface area contributed by atoms with Crippen molar-refractivity contribution in [1.29, 1.82) is 0 Å². The quantitative estimate of drug-likeness (QED) is 0.348. The zero-order valence-electron chi connectivity index (χ0n) is 2.87. The van der Waals surface area contributed by atoms with Crippen LogP contribution in [0.5, 0.6) is 0 Å². The molecule has 0 aromatic rings. The summed E-state index contributed by atoms with van der Waals surface area (Å²) in [6, 6.07) is 0. The van der Waals surface area contributed by atoms with Crippen LogP contribution in [0.2, 0.25) is 0 Å². The topological polar surface area (TPSA) is 0 Å². The Balaban J connectivity index is 2.47. The molecule has 1 unspecified atom stereocenters. The molecule has 0 spiro atoms. The van der Waals surface area contributed by atoms with E-state index >= 15 is 0 Å². The zero-order valence-corrected chi connectivity index (χ0v) is 4.46. The molecule has 1 fully saturated rings. The monoisotopic (exact) mass is 132 g/mol. The van der Waals surface area contributed by atoms with E-state index in [2.05, 4.69) is 22.5 Å². The molecule has 1 aliphatic rings. The lowest BCUT2D eigenvalue weighted by Gasteiger charge is -1.55. The lowest BCUT2D eigenvalue weighted by Crippen LogP contribution is -1.47. The molecule has 0 heterocycles. The highest BCUT2D eigenvalue weighted by Gasteiger charge is 2.22. The lowest BCUT2D eigenvalue weighted by atomic mass is 10.7. The molecule has 0 aromatic carbocycles. The largest absolute Gasteiger partial charge is 0.0987 e. The van der Waals surface area contributed by atoms with Gasteiger partial charge in [-0.05, 0) is 6.42 Å². The first-order chi connectivity index (χ1) is 2.30. The number of hydrogen-bond acceptors (Lipinski definition) is 0. The lowest BCUT2D eigenvalue weighted by molar-refractivity contribution is 1.55. The van der Waals surface area contributed by atoms with E-state index in [4.69, 9.17) is 0 Å². The molecule has 28 valence electrons. The first kappa shape index (κ1) is 3.41. The highest BCUT2D eigenvalue weighted by atomic mass is 79.9. The van der Waals surface area contributed by atoms with Gasteiger partial charge >= 0.3 is 0 Å². The molecule has 0 radical (unpaired) electrons. The maximum Gasteiger partial charge on any atom is 0.0390 e. The average Bonchev–Trinajstić information content (AvgIpc) is 1.79. The van der Waals surface area contributed by atoms with Gasteiger partial charge in [0.25, 0.3) is 0 Å². The minimum atomic E-state index is 0.669. The maximum absolute atomic E-state index is 3.70. The van der Waals surface area contributed by atoms with Crippen LogP contribution in [-0.2, 0) is 0 Å². The third-order valence-corrected chi connectivity index (χ3v) is 1.70. The molecule has 0 aliphatic heterocycles. The predicted molar refractivity (Wildman–Crippen MR) is 26.5 cm³/mol. The van der Waals surface area contributed by atoms with Crippen molar-refractivity contribution in [3.8, 4) is 0 Å². The summed E-state index contributed by atoms with van der Waals surface area (Å²) in [5.41, 5.74) is 1.34. The molecule has 1 atom stereocenters. The highest BCUT2D eigenvalue weighted by molar-refractivity contribution is 9.09. The summed E-state index contributed by atoms with van der Waals surface area (Å²) >= 11 is 3.35. The molecule has 0 bridgehead atoms. The number of rotatable bonds is 0. The van der Waals surface area contributed by atoms with Gasteiger partial charge in [-0.2, -0.15) is 0 Å². The van der Waals surface area contributed by atoms with Crippen LogP contribution < -0.4 is 0 Å². The maximum atomic E-state index is 3.70. The van der Waals surface area contributed by atoms with Crippen molar-refractivity contribution >= 4 is 15.9 Å².